The summed E-state index contributed by atoms with van der Waals surface area (Å²) in [5, 5.41) is 5.77. The third kappa shape index (κ3) is 5.96. The van der Waals surface area contributed by atoms with Crippen molar-refractivity contribution in [1.29, 1.82) is 0 Å². The van der Waals surface area contributed by atoms with E-state index in [0.29, 0.717) is 25.2 Å². The first-order valence-electron chi connectivity index (χ1n) is 11.2. The van der Waals surface area contributed by atoms with Gasteiger partial charge in [0.05, 0.1) is 10.5 Å². The summed E-state index contributed by atoms with van der Waals surface area (Å²) >= 11 is 0. The third-order valence-electron chi connectivity index (χ3n) is 6.27. The lowest BCUT2D eigenvalue weighted by Crippen LogP contribution is -2.42. The maximum Gasteiger partial charge on any atom is 0.417 e. The number of primary amides is 1. The first kappa shape index (κ1) is 25.0. The zero-order valence-electron chi connectivity index (χ0n) is 18.8. The molecular formula is C22H27F3N6O3S. The molecule has 1 aromatic carbocycles. The van der Waals surface area contributed by atoms with Gasteiger partial charge in [-0.1, -0.05) is 0 Å². The van der Waals surface area contributed by atoms with Crippen LogP contribution in [0.3, 0.4) is 0 Å². The molecule has 4 rings (SSSR count). The van der Waals surface area contributed by atoms with Gasteiger partial charge in [-0.05, 0) is 55.7 Å². The fourth-order valence-corrected chi connectivity index (χ4v) is 5.86. The lowest BCUT2D eigenvalue weighted by atomic mass is 10.1. The Balaban J connectivity index is 1.32. The molecule has 2 saturated heterocycles. The molecule has 13 heteroatoms. The standard InChI is InChI=1S/C22H27F3N6O3S/c23-22(24,25)15-1-6-20(27-13-15)28-16-8-11-31(12-9-16)35(33,34)19-4-2-18(3-5-19)30-10-7-17(14-30)29-21(26)32/h1-6,13,16-17H,7-12,14H2,(H,27,28)(H3,26,29,32)/t17-/m0/s1. The molecule has 2 aromatic rings. The Morgan fingerprint density at radius 3 is 2.23 bits per heavy atom. The lowest BCUT2D eigenvalue weighted by Gasteiger charge is -2.32. The molecule has 0 radical (unpaired) electrons. The van der Waals surface area contributed by atoms with Crippen molar-refractivity contribution in [3.05, 3.63) is 48.2 Å². The van der Waals surface area contributed by atoms with E-state index in [1.807, 2.05) is 0 Å². The van der Waals surface area contributed by atoms with Crippen LogP contribution in [-0.4, -0.2) is 62.0 Å². The van der Waals surface area contributed by atoms with E-state index in [1.165, 1.54) is 10.4 Å². The summed E-state index contributed by atoms with van der Waals surface area (Å²) in [6, 6.07) is 8.22. The quantitative estimate of drug-likeness (QED) is 0.547. The van der Waals surface area contributed by atoms with Gasteiger partial charge >= 0.3 is 12.2 Å². The zero-order valence-corrected chi connectivity index (χ0v) is 19.6. The van der Waals surface area contributed by atoms with Crippen LogP contribution in [0.15, 0.2) is 47.5 Å². The van der Waals surface area contributed by atoms with Gasteiger partial charge in [0.2, 0.25) is 10.0 Å². The Kier molecular flexibility index (Phi) is 7.08. The van der Waals surface area contributed by atoms with Crippen LogP contribution in [-0.2, 0) is 16.2 Å². The first-order valence-corrected chi connectivity index (χ1v) is 12.7. The van der Waals surface area contributed by atoms with Crippen LogP contribution in [0.5, 0.6) is 0 Å². The number of halogens is 3. The second-order valence-electron chi connectivity index (χ2n) is 8.69. The van der Waals surface area contributed by atoms with Crippen molar-refractivity contribution < 1.29 is 26.4 Å². The molecule has 4 N–H and O–H groups in total. The number of hydrogen-bond acceptors (Lipinski definition) is 6. The van der Waals surface area contributed by atoms with E-state index in [1.54, 1.807) is 24.3 Å². The predicted octanol–water partition coefficient (Wildman–Crippen LogP) is 2.61. The number of nitrogens with one attached hydrogen (secondary N) is 2. The minimum absolute atomic E-state index is 0.0383. The topological polar surface area (TPSA) is 121 Å². The fraction of sp³-hybridized carbons (Fsp3) is 0.455. The molecule has 2 fully saturated rings. The van der Waals surface area contributed by atoms with Crippen molar-refractivity contribution in [1.82, 2.24) is 14.6 Å². The highest BCUT2D eigenvalue weighted by molar-refractivity contribution is 7.89. The number of nitrogens with zero attached hydrogens (tertiary/aromatic N) is 3. The molecule has 0 unspecified atom stereocenters. The number of nitrogens with two attached hydrogens (primary N) is 1. The predicted molar refractivity (Wildman–Crippen MR) is 124 cm³/mol. The molecule has 3 heterocycles. The summed E-state index contributed by atoms with van der Waals surface area (Å²) in [6.45, 7) is 1.90. The summed E-state index contributed by atoms with van der Waals surface area (Å²) in [7, 11) is -3.67. The van der Waals surface area contributed by atoms with Gasteiger partial charge in [-0.15, -0.1) is 0 Å². The van der Waals surface area contributed by atoms with Gasteiger partial charge in [0.25, 0.3) is 0 Å². The molecular weight excluding hydrogens is 485 g/mol. The average Bonchev–Trinajstić information content (AvgIpc) is 3.27. The Morgan fingerprint density at radius 2 is 1.66 bits per heavy atom. The molecule has 2 aliphatic rings. The SMILES string of the molecule is NC(=O)N[C@H]1CCN(c2ccc(S(=O)(=O)N3CCC(Nc4ccc(C(F)(F)F)cn4)CC3)cc2)C1. The number of pyridine rings is 1. The van der Waals surface area contributed by atoms with E-state index < -0.39 is 27.8 Å². The number of carbonyl (C=O) groups is 1. The van der Waals surface area contributed by atoms with Crippen LogP contribution < -0.4 is 21.3 Å². The van der Waals surface area contributed by atoms with Gasteiger partial charge in [-0.2, -0.15) is 17.5 Å². The molecule has 2 aliphatic heterocycles. The van der Waals surface area contributed by atoms with Crippen LogP contribution >= 0.6 is 0 Å². The van der Waals surface area contributed by atoms with Crippen LogP contribution in [0.2, 0.25) is 0 Å². The molecule has 9 nitrogen and oxygen atoms in total. The number of anilines is 2. The second-order valence-corrected chi connectivity index (χ2v) is 10.6. The number of piperidine rings is 1. The van der Waals surface area contributed by atoms with Crippen molar-refractivity contribution in [3.63, 3.8) is 0 Å². The number of carbonyl (C=O) groups excluding carboxylic acids is 1. The minimum Gasteiger partial charge on any atom is -0.369 e. The van der Waals surface area contributed by atoms with E-state index in [9.17, 15) is 26.4 Å². The molecule has 0 bridgehead atoms. The second kappa shape index (κ2) is 9.90. The highest BCUT2D eigenvalue weighted by Gasteiger charge is 2.32. The molecule has 0 aliphatic carbocycles. The number of benzene rings is 1. The average molecular weight is 513 g/mol. The molecule has 35 heavy (non-hydrogen) atoms. The Labute approximate surface area is 201 Å². The fourth-order valence-electron chi connectivity index (χ4n) is 4.39. The number of alkyl halides is 3. The molecule has 1 atom stereocenters. The van der Waals surface area contributed by atoms with Gasteiger partial charge in [0.1, 0.15) is 5.82 Å². The van der Waals surface area contributed by atoms with Crippen LogP contribution in [0, 0.1) is 0 Å². The number of amides is 2. The Morgan fingerprint density at radius 1 is 1.00 bits per heavy atom. The maximum absolute atomic E-state index is 13.1. The zero-order chi connectivity index (χ0) is 25.2. The van der Waals surface area contributed by atoms with E-state index >= 15 is 0 Å². The summed E-state index contributed by atoms with van der Waals surface area (Å²) in [4.78, 5) is 17.1. The largest absolute Gasteiger partial charge is 0.417 e. The Bertz CT molecular complexity index is 1130. The van der Waals surface area contributed by atoms with E-state index in [4.69, 9.17) is 5.73 Å². The van der Waals surface area contributed by atoms with Crippen molar-refractivity contribution >= 4 is 27.6 Å². The van der Waals surface area contributed by atoms with Crippen molar-refractivity contribution in [2.24, 2.45) is 5.73 Å². The first-order chi connectivity index (χ1) is 16.5. The summed E-state index contributed by atoms with van der Waals surface area (Å²) in [6.07, 6.45) is -1.90. The normalized spacial score (nSPS) is 20.1. The van der Waals surface area contributed by atoms with Crippen LogP contribution in [0.1, 0.15) is 24.8 Å². The number of aromatic nitrogens is 1. The molecule has 0 saturated carbocycles. The van der Waals surface area contributed by atoms with Crippen molar-refractivity contribution in [3.8, 4) is 0 Å². The summed E-state index contributed by atoms with van der Waals surface area (Å²) < 4.78 is 65.7. The number of hydrogen-bond donors (Lipinski definition) is 3. The molecule has 1 aromatic heterocycles. The molecule has 0 spiro atoms. The Hall–Kier alpha value is -3.06. The van der Waals surface area contributed by atoms with E-state index in [2.05, 4.69) is 20.5 Å². The van der Waals surface area contributed by atoms with Gasteiger partial charge in [0.15, 0.2) is 0 Å². The van der Waals surface area contributed by atoms with Gasteiger partial charge in [-0.25, -0.2) is 18.2 Å². The monoisotopic (exact) mass is 512 g/mol. The van der Waals surface area contributed by atoms with Crippen LogP contribution in [0.4, 0.5) is 29.5 Å². The maximum atomic E-state index is 13.1. The van der Waals surface area contributed by atoms with Gasteiger partial charge in [0, 0.05) is 50.1 Å². The highest BCUT2D eigenvalue weighted by atomic mass is 32.2. The number of rotatable bonds is 6. The number of sulfonamides is 1. The lowest BCUT2D eigenvalue weighted by molar-refractivity contribution is -0.137. The number of urea groups is 1. The van der Waals surface area contributed by atoms with Crippen molar-refractivity contribution in [2.45, 2.75) is 42.4 Å². The summed E-state index contributed by atoms with van der Waals surface area (Å²) in [5.41, 5.74) is 5.23. The van der Waals surface area contributed by atoms with Gasteiger partial charge in [-0.3, -0.25) is 0 Å². The van der Waals surface area contributed by atoms with E-state index in [-0.39, 0.29) is 30.1 Å². The van der Waals surface area contributed by atoms with Crippen molar-refractivity contribution in [2.75, 3.05) is 36.4 Å². The van der Waals surface area contributed by atoms with Crippen LogP contribution in [0.25, 0.3) is 0 Å². The highest BCUT2D eigenvalue weighted by Crippen LogP contribution is 2.30. The molecule has 2 amide bonds. The third-order valence-corrected chi connectivity index (χ3v) is 8.18. The smallest absolute Gasteiger partial charge is 0.369 e. The van der Waals surface area contributed by atoms with Gasteiger partial charge < -0.3 is 21.3 Å². The minimum atomic E-state index is -4.44. The summed E-state index contributed by atoms with van der Waals surface area (Å²) in [5.74, 6) is 0.324. The van der Waals surface area contributed by atoms with E-state index in [0.717, 1.165) is 30.9 Å². The molecule has 190 valence electrons.